The number of likely N-dealkylation sites (N-methyl/N-ethyl adjacent to an activating group) is 1. The summed E-state index contributed by atoms with van der Waals surface area (Å²) in [6, 6.07) is 4.15. The number of thiol groups is 1. The van der Waals surface area contributed by atoms with Crippen molar-refractivity contribution in [1.82, 2.24) is 4.90 Å². The molecule has 0 aromatic heterocycles. The van der Waals surface area contributed by atoms with Gasteiger partial charge in [-0.25, -0.2) is 4.39 Å². The van der Waals surface area contributed by atoms with Crippen LogP contribution in [0.15, 0.2) is 23.1 Å². The van der Waals surface area contributed by atoms with Crippen LogP contribution < -0.4 is 0 Å². The Kier molecular flexibility index (Phi) is 5.62. The summed E-state index contributed by atoms with van der Waals surface area (Å²) in [5, 5.41) is 0. The van der Waals surface area contributed by atoms with Gasteiger partial charge in [0.05, 0.1) is 12.6 Å². The molecule has 1 atom stereocenters. The van der Waals surface area contributed by atoms with E-state index in [0.29, 0.717) is 18.7 Å². The second-order valence-corrected chi connectivity index (χ2v) is 4.54. The van der Waals surface area contributed by atoms with Gasteiger partial charge in [-0.1, -0.05) is 0 Å². The highest BCUT2D eigenvalue weighted by molar-refractivity contribution is 7.80. The van der Waals surface area contributed by atoms with Gasteiger partial charge in [0.2, 0.25) is 0 Å². The number of methoxy groups -OCH3 is 1. The molecule has 1 aromatic carbocycles. The van der Waals surface area contributed by atoms with E-state index in [4.69, 9.17) is 4.74 Å². The minimum absolute atomic E-state index is 0.0269. The van der Waals surface area contributed by atoms with Crippen molar-refractivity contribution in [2.45, 2.75) is 24.8 Å². The third-order valence-corrected chi connectivity index (χ3v) is 3.08. The van der Waals surface area contributed by atoms with E-state index in [0.717, 1.165) is 0 Å². The zero-order valence-electron chi connectivity index (χ0n) is 10.8. The van der Waals surface area contributed by atoms with Gasteiger partial charge in [-0.05, 0) is 32.0 Å². The topological polar surface area (TPSA) is 29.5 Å². The Balaban J connectivity index is 2.92. The summed E-state index contributed by atoms with van der Waals surface area (Å²) in [6.07, 6.45) is 0. The van der Waals surface area contributed by atoms with E-state index in [1.165, 1.54) is 18.2 Å². The number of carbonyl (C=O) groups is 1. The van der Waals surface area contributed by atoms with Crippen molar-refractivity contribution in [3.8, 4) is 0 Å². The molecule has 1 rings (SSSR count). The molecule has 0 saturated carbocycles. The van der Waals surface area contributed by atoms with Crippen molar-refractivity contribution in [3.05, 3.63) is 29.6 Å². The molecule has 1 amide bonds. The molecule has 0 radical (unpaired) electrons. The highest BCUT2D eigenvalue weighted by Crippen LogP contribution is 2.16. The van der Waals surface area contributed by atoms with Gasteiger partial charge in [-0.2, -0.15) is 0 Å². The fraction of sp³-hybridized carbons (Fsp3) is 0.462. The molecule has 1 unspecified atom stereocenters. The second kappa shape index (κ2) is 6.75. The van der Waals surface area contributed by atoms with Crippen LogP contribution in [0.4, 0.5) is 4.39 Å². The van der Waals surface area contributed by atoms with Crippen LogP contribution in [0.3, 0.4) is 0 Å². The minimum Gasteiger partial charge on any atom is -0.383 e. The van der Waals surface area contributed by atoms with Gasteiger partial charge >= 0.3 is 0 Å². The van der Waals surface area contributed by atoms with E-state index in [9.17, 15) is 9.18 Å². The Bertz CT molecular complexity index is 425. The summed E-state index contributed by atoms with van der Waals surface area (Å²) in [7, 11) is 1.60. The number of hydrogen-bond donors (Lipinski definition) is 1. The summed E-state index contributed by atoms with van der Waals surface area (Å²) in [5.74, 6) is -0.569. The highest BCUT2D eigenvalue weighted by atomic mass is 32.1. The van der Waals surface area contributed by atoms with Crippen molar-refractivity contribution >= 4 is 18.5 Å². The van der Waals surface area contributed by atoms with E-state index < -0.39 is 5.82 Å². The van der Waals surface area contributed by atoms with Crippen LogP contribution in [0.5, 0.6) is 0 Å². The number of rotatable bonds is 5. The van der Waals surface area contributed by atoms with E-state index >= 15 is 0 Å². The standard InChI is InChI=1S/C13H18FNO2S/c1-4-15(9(2)8-17-3)13(16)10-5-6-11(14)12(18)7-10/h5-7,9,18H,4,8H2,1-3H3. The zero-order valence-corrected chi connectivity index (χ0v) is 11.7. The van der Waals surface area contributed by atoms with Crippen LogP contribution in [0, 0.1) is 5.82 Å². The lowest BCUT2D eigenvalue weighted by Gasteiger charge is -2.27. The maximum absolute atomic E-state index is 13.1. The number of amides is 1. The van der Waals surface area contributed by atoms with Gasteiger partial charge in [-0.15, -0.1) is 12.6 Å². The summed E-state index contributed by atoms with van der Waals surface area (Å²) < 4.78 is 18.1. The number of nitrogens with zero attached hydrogens (tertiary/aromatic N) is 1. The number of hydrogen-bond acceptors (Lipinski definition) is 3. The first-order valence-corrected chi connectivity index (χ1v) is 6.24. The summed E-state index contributed by atoms with van der Waals surface area (Å²) in [4.78, 5) is 14.1. The van der Waals surface area contributed by atoms with Crippen molar-refractivity contribution in [3.63, 3.8) is 0 Å². The first kappa shape index (κ1) is 15.0. The molecule has 18 heavy (non-hydrogen) atoms. The maximum atomic E-state index is 13.1. The Morgan fingerprint density at radius 1 is 1.56 bits per heavy atom. The predicted octanol–water partition coefficient (Wildman–Crippen LogP) is 2.61. The lowest BCUT2D eigenvalue weighted by molar-refractivity contribution is 0.0579. The Labute approximate surface area is 112 Å². The van der Waals surface area contributed by atoms with Gasteiger partial charge in [0.1, 0.15) is 5.82 Å². The van der Waals surface area contributed by atoms with Crippen LogP contribution in [0.1, 0.15) is 24.2 Å². The van der Waals surface area contributed by atoms with Crippen LogP contribution in [-0.4, -0.2) is 37.1 Å². The van der Waals surface area contributed by atoms with Gasteiger partial charge < -0.3 is 9.64 Å². The highest BCUT2D eigenvalue weighted by Gasteiger charge is 2.20. The normalized spacial score (nSPS) is 12.3. The molecule has 0 fully saturated rings. The molecule has 3 nitrogen and oxygen atoms in total. The van der Waals surface area contributed by atoms with Crippen molar-refractivity contribution in [1.29, 1.82) is 0 Å². The summed E-state index contributed by atoms with van der Waals surface area (Å²) >= 11 is 3.98. The van der Waals surface area contributed by atoms with Crippen LogP contribution in [0.2, 0.25) is 0 Å². The monoisotopic (exact) mass is 271 g/mol. The third-order valence-electron chi connectivity index (χ3n) is 2.73. The fourth-order valence-electron chi connectivity index (χ4n) is 1.80. The predicted molar refractivity (Wildman–Crippen MR) is 71.7 cm³/mol. The molecule has 100 valence electrons. The molecule has 1 aromatic rings. The van der Waals surface area contributed by atoms with Crippen LogP contribution >= 0.6 is 12.6 Å². The molecule has 5 heteroatoms. The average Bonchev–Trinajstić information content (AvgIpc) is 2.33. The number of carbonyl (C=O) groups excluding carboxylic acids is 1. The number of halogens is 1. The van der Waals surface area contributed by atoms with Crippen molar-refractivity contribution in [2.24, 2.45) is 0 Å². The van der Waals surface area contributed by atoms with Gasteiger partial charge in [0, 0.05) is 24.1 Å². The van der Waals surface area contributed by atoms with Crippen LogP contribution in [-0.2, 0) is 4.74 Å². The summed E-state index contributed by atoms with van der Waals surface area (Å²) in [5.41, 5.74) is 0.436. The Morgan fingerprint density at radius 2 is 2.22 bits per heavy atom. The average molecular weight is 271 g/mol. The molecule has 0 heterocycles. The third kappa shape index (κ3) is 3.46. The molecular formula is C13H18FNO2S. The molecule has 0 saturated heterocycles. The smallest absolute Gasteiger partial charge is 0.254 e. The Morgan fingerprint density at radius 3 is 2.72 bits per heavy atom. The quantitative estimate of drug-likeness (QED) is 0.834. The second-order valence-electron chi connectivity index (χ2n) is 4.06. The SMILES string of the molecule is CCN(C(=O)c1ccc(F)c(S)c1)C(C)COC. The largest absolute Gasteiger partial charge is 0.383 e. The minimum atomic E-state index is -0.428. The first-order chi connectivity index (χ1) is 8.51. The lowest BCUT2D eigenvalue weighted by atomic mass is 10.1. The maximum Gasteiger partial charge on any atom is 0.254 e. The molecule has 0 bridgehead atoms. The molecule has 0 spiro atoms. The molecule has 0 aliphatic rings. The lowest BCUT2D eigenvalue weighted by Crippen LogP contribution is -2.40. The van der Waals surface area contributed by atoms with E-state index in [1.54, 1.807) is 12.0 Å². The molecule has 0 aliphatic carbocycles. The number of benzene rings is 1. The molecular weight excluding hydrogens is 253 g/mol. The summed E-state index contributed by atoms with van der Waals surface area (Å²) in [6.45, 7) is 4.85. The van der Waals surface area contributed by atoms with Crippen LogP contribution in [0.25, 0.3) is 0 Å². The van der Waals surface area contributed by atoms with Gasteiger partial charge in [0.25, 0.3) is 5.91 Å². The zero-order chi connectivity index (χ0) is 13.7. The molecule has 0 N–H and O–H groups in total. The van der Waals surface area contributed by atoms with Crippen molar-refractivity contribution < 1.29 is 13.9 Å². The van der Waals surface area contributed by atoms with Gasteiger partial charge in [0.15, 0.2) is 0 Å². The van der Waals surface area contributed by atoms with Gasteiger partial charge in [-0.3, -0.25) is 4.79 Å². The Hall–Kier alpha value is -1.07. The first-order valence-electron chi connectivity index (χ1n) is 5.79. The fourth-order valence-corrected chi connectivity index (χ4v) is 2.01. The van der Waals surface area contributed by atoms with E-state index in [2.05, 4.69) is 12.6 Å². The van der Waals surface area contributed by atoms with E-state index in [1.807, 2.05) is 13.8 Å². The number of ether oxygens (including phenoxy) is 1. The van der Waals surface area contributed by atoms with E-state index in [-0.39, 0.29) is 16.8 Å². The molecule has 0 aliphatic heterocycles. The van der Waals surface area contributed by atoms with Crippen molar-refractivity contribution in [2.75, 3.05) is 20.3 Å².